The van der Waals surface area contributed by atoms with Gasteiger partial charge in [-0.15, -0.1) is 0 Å². The van der Waals surface area contributed by atoms with E-state index in [0.29, 0.717) is 17.5 Å². The number of carbonyl (C=O) groups excluding carboxylic acids is 1. The highest BCUT2D eigenvalue weighted by Crippen LogP contribution is 2.28. The van der Waals surface area contributed by atoms with Crippen molar-refractivity contribution >= 4 is 5.97 Å². The molecule has 1 fully saturated rings. The van der Waals surface area contributed by atoms with E-state index >= 15 is 0 Å². The van der Waals surface area contributed by atoms with Gasteiger partial charge in [0.1, 0.15) is 0 Å². The molecule has 1 aromatic rings. The topological polar surface area (TPSA) is 55.6 Å². The quantitative estimate of drug-likeness (QED) is 0.846. The first-order chi connectivity index (χ1) is 10.2. The summed E-state index contributed by atoms with van der Waals surface area (Å²) >= 11 is 0. The number of rotatable bonds is 5. The molecular formula is C17H26N2O2. The number of nitrogens with two attached hydrogens (primary N) is 1. The maximum Gasteiger partial charge on any atom is 0.337 e. The lowest BCUT2D eigenvalue weighted by Crippen LogP contribution is -2.42. The summed E-state index contributed by atoms with van der Waals surface area (Å²) < 4.78 is 4.72. The highest BCUT2D eigenvalue weighted by molar-refractivity contribution is 5.89. The zero-order chi connectivity index (χ0) is 15.2. The number of esters is 1. The summed E-state index contributed by atoms with van der Waals surface area (Å²) in [5.74, 6) is 0.323. The molecule has 0 heterocycles. The SMILES string of the molecule is COC(=O)c1ccc(CN(C)C2CCCCC2CN)cc1. The molecule has 4 heteroatoms. The van der Waals surface area contributed by atoms with E-state index in [2.05, 4.69) is 11.9 Å². The van der Waals surface area contributed by atoms with E-state index in [1.165, 1.54) is 38.4 Å². The van der Waals surface area contributed by atoms with Crippen LogP contribution in [-0.2, 0) is 11.3 Å². The zero-order valence-corrected chi connectivity index (χ0v) is 13.0. The van der Waals surface area contributed by atoms with Gasteiger partial charge in [-0.05, 0) is 50.0 Å². The molecule has 0 aliphatic heterocycles. The van der Waals surface area contributed by atoms with Crippen LogP contribution in [-0.4, -0.2) is 37.6 Å². The van der Waals surface area contributed by atoms with E-state index < -0.39 is 0 Å². The molecule has 0 spiro atoms. The number of ether oxygens (including phenoxy) is 1. The second kappa shape index (κ2) is 7.57. The monoisotopic (exact) mass is 290 g/mol. The van der Waals surface area contributed by atoms with Gasteiger partial charge in [0.05, 0.1) is 12.7 Å². The van der Waals surface area contributed by atoms with Gasteiger partial charge in [-0.2, -0.15) is 0 Å². The third-order valence-corrected chi connectivity index (χ3v) is 4.54. The average molecular weight is 290 g/mol. The second-order valence-corrected chi connectivity index (χ2v) is 5.95. The third-order valence-electron chi connectivity index (χ3n) is 4.54. The molecule has 4 nitrogen and oxygen atoms in total. The molecule has 1 aliphatic carbocycles. The fourth-order valence-corrected chi connectivity index (χ4v) is 3.31. The molecule has 2 N–H and O–H groups in total. The molecule has 21 heavy (non-hydrogen) atoms. The van der Waals surface area contributed by atoms with Crippen LogP contribution < -0.4 is 5.73 Å². The highest BCUT2D eigenvalue weighted by Gasteiger charge is 2.27. The summed E-state index contributed by atoms with van der Waals surface area (Å²) in [6.07, 6.45) is 5.08. The van der Waals surface area contributed by atoms with Crippen molar-refractivity contribution in [3.63, 3.8) is 0 Å². The summed E-state index contributed by atoms with van der Waals surface area (Å²) in [6, 6.07) is 8.24. The van der Waals surface area contributed by atoms with Crippen LogP contribution in [0.3, 0.4) is 0 Å². The normalized spacial score (nSPS) is 22.3. The Bertz CT molecular complexity index is 458. The Morgan fingerprint density at radius 1 is 1.29 bits per heavy atom. The van der Waals surface area contributed by atoms with Gasteiger partial charge in [0.2, 0.25) is 0 Å². The van der Waals surface area contributed by atoms with Crippen molar-refractivity contribution < 1.29 is 9.53 Å². The van der Waals surface area contributed by atoms with Gasteiger partial charge in [-0.3, -0.25) is 4.90 Å². The van der Waals surface area contributed by atoms with Crippen molar-refractivity contribution in [3.8, 4) is 0 Å². The molecule has 1 aromatic carbocycles. The highest BCUT2D eigenvalue weighted by atomic mass is 16.5. The Labute approximate surface area is 127 Å². The Balaban J connectivity index is 1.98. The molecule has 1 saturated carbocycles. The van der Waals surface area contributed by atoms with Gasteiger partial charge in [0.25, 0.3) is 0 Å². The Hall–Kier alpha value is -1.39. The number of methoxy groups -OCH3 is 1. The first kappa shape index (κ1) is 16.0. The molecule has 2 unspecified atom stereocenters. The summed E-state index contributed by atoms with van der Waals surface area (Å²) in [5.41, 5.74) is 7.73. The molecule has 0 aromatic heterocycles. The molecule has 0 radical (unpaired) electrons. The van der Waals surface area contributed by atoms with E-state index in [9.17, 15) is 4.79 Å². The fraction of sp³-hybridized carbons (Fsp3) is 0.588. The third kappa shape index (κ3) is 4.05. The van der Waals surface area contributed by atoms with Crippen LogP contribution in [0, 0.1) is 5.92 Å². The van der Waals surface area contributed by atoms with Gasteiger partial charge in [0, 0.05) is 12.6 Å². The van der Waals surface area contributed by atoms with E-state index in [0.717, 1.165) is 13.1 Å². The van der Waals surface area contributed by atoms with Gasteiger partial charge >= 0.3 is 5.97 Å². The first-order valence-corrected chi connectivity index (χ1v) is 7.73. The molecule has 0 saturated heterocycles. The fourth-order valence-electron chi connectivity index (χ4n) is 3.31. The standard InChI is InChI=1S/C17H26N2O2/c1-19(16-6-4-3-5-15(16)11-18)12-13-7-9-14(10-8-13)17(20)21-2/h7-10,15-16H,3-6,11-12,18H2,1-2H3. The Morgan fingerprint density at radius 2 is 1.95 bits per heavy atom. The minimum atomic E-state index is -0.287. The van der Waals surface area contributed by atoms with Crippen molar-refractivity contribution in [2.45, 2.75) is 38.3 Å². The van der Waals surface area contributed by atoms with E-state index in [-0.39, 0.29) is 5.97 Å². The molecule has 116 valence electrons. The number of benzene rings is 1. The van der Waals surface area contributed by atoms with Crippen molar-refractivity contribution in [1.29, 1.82) is 0 Å². The van der Waals surface area contributed by atoms with Gasteiger partial charge in [-0.25, -0.2) is 4.79 Å². The Morgan fingerprint density at radius 3 is 2.57 bits per heavy atom. The van der Waals surface area contributed by atoms with Crippen LogP contribution in [0.1, 0.15) is 41.6 Å². The maximum atomic E-state index is 11.4. The van der Waals surface area contributed by atoms with Crippen molar-refractivity contribution in [3.05, 3.63) is 35.4 Å². The predicted molar refractivity (Wildman–Crippen MR) is 84.0 cm³/mol. The van der Waals surface area contributed by atoms with Crippen LogP contribution in [0.25, 0.3) is 0 Å². The lowest BCUT2D eigenvalue weighted by atomic mass is 9.83. The lowest BCUT2D eigenvalue weighted by molar-refractivity contribution is 0.0600. The van der Waals surface area contributed by atoms with Crippen molar-refractivity contribution in [2.24, 2.45) is 11.7 Å². The maximum absolute atomic E-state index is 11.4. The van der Waals surface area contributed by atoms with Crippen LogP contribution in [0.5, 0.6) is 0 Å². The zero-order valence-electron chi connectivity index (χ0n) is 13.0. The molecule has 0 bridgehead atoms. The number of carbonyl (C=O) groups is 1. The average Bonchev–Trinajstić information content (AvgIpc) is 2.54. The minimum Gasteiger partial charge on any atom is -0.465 e. The van der Waals surface area contributed by atoms with Gasteiger partial charge in [0.15, 0.2) is 0 Å². The molecule has 2 atom stereocenters. The van der Waals surface area contributed by atoms with Crippen LogP contribution in [0.15, 0.2) is 24.3 Å². The van der Waals surface area contributed by atoms with Crippen LogP contribution in [0.2, 0.25) is 0 Å². The number of hydrogen-bond donors (Lipinski definition) is 1. The lowest BCUT2D eigenvalue weighted by Gasteiger charge is -2.37. The molecule has 0 amide bonds. The summed E-state index contributed by atoms with van der Waals surface area (Å²) in [4.78, 5) is 13.8. The first-order valence-electron chi connectivity index (χ1n) is 7.73. The number of nitrogens with zero attached hydrogens (tertiary/aromatic N) is 1. The molecular weight excluding hydrogens is 264 g/mol. The van der Waals surface area contributed by atoms with Crippen LogP contribution in [0.4, 0.5) is 0 Å². The van der Waals surface area contributed by atoms with E-state index in [1.54, 1.807) is 0 Å². The van der Waals surface area contributed by atoms with Crippen LogP contribution >= 0.6 is 0 Å². The Kier molecular flexibility index (Phi) is 5.76. The second-order valence-electron chi connectivity index (χ2n) is 5.95. The smallest absolute Gasteiger partial charge is 0.337 e. The summed E-state index contributed by atoms with van der Waals surface area (Å²) in [6.45, 7) is 1.67. The van der Waals surface area contributed by atoms with Crippen molar-refractivity contribution in [2.75, 3.05) is 20.7 Å². The van der Waals surface area contributed by atoms with Gasteiger partial charge in [-0.1, -0.05) is 25.0 Å². The van der Waals surface area contributed by atoms with Crippen molar-refractivity contribution in [1.82, 2.24) is 4.90 Å². The minimum absolute atomic E-state index is 0.287. The molecule has 1 aliphatic rings. The largest absolute Gasteiger partial charge is 0.465 e. The van der Waals surface area contributed by atoms with Gasteiger partial charge < -0.3 is 10.5 Å². The predicted octanol–water partition coefficient (Wildman–Crippen LogP) is 2.42. The van der Waals surface area contributed by atoms with E-state index in [4.69, 9.17) is 10.5 Å². The molecule has 2 rings (SSSR count). The number of hydrogen-bond acceptors (Lipinski definition) is 4. The summed E-state index contributed by atoms with van der Waals surface area (Å²) in [5, 5.41) is 0. The van der Waals surface area contributed by atoms with E-state index in [1.807, 2.05) is 24.3 Å². The summed E-state index contributed by atoms with van der Waals surface area (Å²) in [7, 11) is 3.58.